The molecule has 0 saturated carbocycles. The van der Waals surface area contributed by atoms with Gasteiger partial charge >= 0.3 is 17.9 Å². The number of esters is 3. The van der Waals surface area contributed by atoms with Gasteiger partial charge in [-0.3, -0.25) is 14.4 Å². The molecule has 1 unspecified atom stereocenters. The van der Waals surface area contributed by atoms with E-state index in [1.807, 2.05) is 0 Å². The lowest BCUT2D eigenvalue weighted by molar-refractivity contribution is -0.167. The average Bonchev–Trinajstić information content (AvgIpc) is 3.27. The van der Waals surface area contributed by atoms with Crippen molar-refractivity contribution in [1.82, 2.24) is 0 Å². The van der Waals surface area contributed by atoms with Crippen LogP contribution < -0.4 is 0 Å². The first kappa shape index (κ1) is 60.4. The number of rotatable bonds is 51. The van der Waals surface area contributed by atoms with Crippen LogP contribution in [0.3, 0.4) is 0 Å². The van der Waals surface area contributed by atoms with Gasteiger partial charge in [-0.1, -0.05) is 278 Å². The van der Waals surface area contributed by atoms with E-state index in [9.17, 15) is 14.4 Å². The predicted molar refractivity (Wildman–Crippen MR) is 266 cm³/mol. The molecule has 0 aliphatic carbocycles. The number of ether oxygens (including phenoxy) is 3. The highest BCUT2D eigenvalue weighted by Crippen LogP contribution is 2.18. The summed E-state index contributed by atoms with van der Waals surface area (Å²) >= 11 is 0. The Morgan fingerprint density at radius 1 is 0.323 bits per heavy atom. The molecule has 0 aromatic heterocycles. The monoisotopic (exact) mass is 877 g/mol. The van der Waals surface area contributed by atoms with Gasteiger partial charge in [0.15, 0.2) is 6.10 Å². The van der Waals surface area contributed by atoms with Gasteiger partial charge in [-0.25, -0.2) is 0 Å². The molecular weight excluding hydrogens is 769 g/mol. The minimum atomic E-state index is -0.760. The molecule has 0 fully saturated rings. The highest BCUT2D eigenvalue weighted by molar-refractivity contribution is 5.71. The fourth-order valence-electron chi connectivity index (χ4n) is 8.54. The van der Waals surface area contributed by atoms with Gasteiger partial charge in [-0.05, 0) is 25.2 Å². The van der Waals surface area contributed by atoms with Crippen LogP contribution in [-0.4, -0.2) is 37.2 Å². The molecule has 0 saturated heterocycles. The van der Waals surface area contributed by atoms with Gasteiger partial charge in [0.25, 0.3) is 0 Å². The summed E-state index contributed by atoms with van der Waals surface area (Å²) in [5.74, 6) is 0.0487. The van der Waals surface area contributed by atoms with Crippen molar-refractivity contribution >= 4 is 17.9 Å². The zero-order valence-electron chi connectivity index (χ0n) is 42.3. The summed E-state index contributed by atoms with van der Waals surface area (Å²) in [7, 11) is 0. The summed E-state index contributed by atoms with van der Waals surface area (Å²) in [5, 5.41) is 0. The molecule has 0 rings (SSSR count). The Bertz CT molecular complexity index is 935. The largest absolute Gasteiger partial charge is 0.462 e. The second kappa shape index (κ2) is 50.4. The molecule has 0 aromatic carbocycles. The summed E-state index contributed by atoms with van der Waals surface area (Å²) in [6.07, 6.45) is 53.9. The van der Waals surface area contributed by atoms with E-state index < -0.39 is 6.10 Å². The third-order valence-electron chi connectivity index (χ3n) is 13.2. The van der Waals surface area contributed by atoms with Gasteiger partial charge in [0.2, 0.25) is 0 Å². The summed E-state index contributed by atoms with van der Waals surface area (Å²) in [6.45, 7) is 9.05. The Morgan fingerprint density at radius 2 is 0.565 bits per heavy atom. The Labute approximate surface area is 387 Å². The van der Waals surface area contributed by atoms with Crippen molar-refractivity contribution in [3.63, 3.8) is 0 Å². The van der Waals surface area contributed by atoms with Crippen LogP contribution in [0.4, 0.5) is 0 Å². The van der Waals surface area contributed by atoms with Gasteiger partial charge in [0, 0.05) is 19.3 Å². The van der Waals surface area contributed by atoms with Crippen LogP contribution >= 0.6 is 0 Å². The Morgan fingerprint density at radius 3 is 0.839 bits per heavy atom. The van der Waals surface area contributed by atoms with E-state index in [1.165, 1.54) is 212 Å². The smallest absolute Gasteiger partial charge is 0.306 e. The maximum atomic E-state index is 12.7. The molecule has 0 spiro atoms. The molecule has 6 heteroatoms. The van der Waals surface area contributed by atoms with Crippen molar-refractivity contribution in [2.24, 2.45) is 5.92 Å². The Balaban J connectivity index is 4.11. The summed E-state index contributed by atoms with van der Waals surface area (Å²) in [4.78, 5) is 37.9. The van der Waals surface area contributed by atoms with E-state index in [0.29, 0.717) is 19.3 Å². The van der Waals surface area contributed by atoms with E-state index >= 15 is 0 Å². The highest BCUT2D eigenvalue weighted by Gasteiger charge is 2.19. The lowest BCUT2D eigenvalue weighted by Gasteiger charge is -2.18. The van der Waals surface area contributed by atoms with Gasteiger partial charge in [0.05, 0.1) is 0 Å². The number of carbonyl (C=O) groups is 3. The lowest BCUT2D eigenvalue weighted by Crippen LogP contribution is -2.30. The number of unbranched alkanes of at least 4 members (excludes halogenated alkanes) is 37. The van der Waals surface area contributed by atoms with Gasteiger partial charge < -0.3 is 14.2 Å². The summed E-state index contributed by atoms with van der Waals surface area (Å²) in [5.41, 5.74) is 0. The van der Waals surface area contributed by atoms with Crippen molar-refractivity contribution in [2.75, 3.05) is 13.2 Å². The second-order valence-electron chi connectivity index (χ2n) is 19.5. The molecule has 0 amide bonds. The molecule has 0 aliphatic rings. The molecule has 368 valence electrons. The first-order chi connectivity index (χ1) is 30.4. The van der Waals surface area contributed by atoms with E-state index in [-0.39, 0.29) is 31.1 Å². The molecule has 0 bridgehead atoms. The number of hydrogen-bond donors (Lipinski definition) is 0. The fourth-order valence-corrected chi connectivity index (χ4v) is 8.54. The van der Waals surface area contributed by atoms with Crippen LogP contribution in [-0.2, 0) is 28.6 Å². The SMILES string of the molecule is CCCCCCCCCCCCCCCCCCCCCC(=O)OC[C@@H](COC(=O)CCCCCCCCCCCCCCCCC(C)CC)OC(=O)CCCCCCCCC. The highest BCUT2D eigenvalue weighted by atomic mass is 16.6. The van der Waals surface area contributed by atoms with Crippen LogP contribution in [0.5, 0.6) is 0 Å². The zero-order chi connectivity index (χ0) is 45.2. The normalized spacial score (nSPS) is 12.4. The van der Waals surface area contributed by atoms with E-state index in [1.54, 1.807) is 0 Å². The van der Waals surface area contributed by atoms with E-state index in [4.69, 9.17) is 14.2 Å². The van der Waals surface area contributed by atoms with Gasteiger partial charge in [-0.15, -0.1) is 0 Å². The van der Waals surface area contributed by atoms with Crippen molar-refractivity contribution in [1.29, 1.82) is 0 Å². The average molecular weight is 877 g/mol. The van der Waals surface area contributed by atoms with Crippen LogP contribution in [0, 0.1) is 5.92 Å². The summed E-state index contributed by atoms with van der Waals surface area (Å²) in [6, 6.07) is 0. The van der Waals surface area contributed by atoms with Gasteiger partial charge in [-0.2, -0.15) is 0 Å². The van der Waals surface area contributed by atoms with Crippen LogP contribution in [0.2, 0.25) is 0 Å². The van der Waals surface area contributed by atoms with Crippen LogP contribution in [0.15, 0.2) is 0 Å². The molecule has 0 radical (unpaired) electrons. The maximum Gasteiger partial charge on any atom is 0.306 e. The molecule has 0 heterocycles. The second-order valence-corrected chi connectivity index (χ2v) is 19.5. The van der Waals surface area contributed by atoms with Crippen LogP contribution in [0.25, 0.3) is 0 Å². The molecule has 2 atom stereocenters. The zero-order valence-corrected chi connectivity index (χ0v) is 42.3. The molecule has 0 aliphatic heterocycles. The minimum Gasteiger partial charge on any atom is -0.462 e. The van der Waals surface area contributed by atoms with E-state index in [2.05, 4.69) is 27.7 Å². The predicted octanol–water partition coefficient (Wildman–Crippen LogP) is 18.2. The standard InChI is InChI=1S/C56H108O6/c1-5-8-10-12-14-15-16-17-18-19-20-21-22-26-29-32-36-39-43-47-54(57)60-50-53(62-56(59)49-45-41-34-13-11-9-6-2)51-61-55(58)48-44-40-37-33-30-27-24-23-25-28-31-35-38-42-46-52(4)7-3/h52-53H,5-51H2,1-4H3/t52?,53-/m0/s1. The van der Waals surface area contributed by atoms with Crippen molar-refractivity contribution in [3.05, 3.63) is 0 Å². The molecule has 6 nitrogen and oxygen atoms in total. The first-order valence-electron chi connectivity index (χ1n) is 27.9. The third kappa shape index (κ3) is 47.9. The Kier molecular flexibility index (Phi) is 49.1. The molecule has 62 heavy (non-hydrogen) atoms. The topological polar surface area (TPSA) is 78.9 Å². The number of carbonyl (C=O) groups excluding carboxylic acids is 3. The fraction of sp³-hybridized carbons (Fsp3) is 0.946. The summed E-state index contributed by atoms with van der Waals surface area (Å²) < 4.78 is 16.8. The first-order valence-corrected chi connectivity index (χ1v) is 27.9. The van der Waals surface area contributed by atoms with E-state index in [0.717, 1.165) is 63.7 Å². The molecular formula is C56H108O6. The lowest BCUT2D eigenvalue weighted by atomic mass is 9.99. The van der Waals surface area contributed by atoms with Crippen molar-refractivity contribution in [3.8, 4) is 0 Å². The van der Waals surface area contributed by atoms with Gasteiger partial charge in [0.1, 0.15) is 13.2 Å². The third-order valence-corrected chi connectivity index (χ3v) is 13.2. The van der Waals surface area contributed by atoms with Crippen LogP contribution in [0.1, 0.15) is 317 Å². The minimum absolute atomic E-state index is 0.0630. The maximum absolute atomic E-state index is 12.7. The quantitative estimate of drug-likeness (QED) is 0.0344. The molecule has 0 aromatic rings. The number of hydrogen-bond acceptors (Lipinski definition) is 6. The Hall–Kier alpha value is -1.59. The molecule has 0 N–H and O–H groups in total. The van der Waals surface area contributed by atoms with Crippen molar-refractivity contribution in [2.45, 2.75) is 323 Å². The van der Waals surface area contributed by atoms with Crippen molar-refractivity contribution < 1.29 is 28.6 Å².